The predicted molar refractivity (Wildman–Crippen MR) is 99.1 cm³/mol. The smallest absolute Gasteiger partial charge is 0.266 e. The summed E-state index contributed by atoms with van der Waals surface area (Å²) in [6, 6.07) is 13.5. The van der Waals surface area contributed by atoms with E-state index < -0.39 is 6.10 Å². The maximum absolute atomic E-state index is 12.5. The quantitative estimate of drug-likeness (QED) is 0.750. The van der Waals surface area contributed by atoms with E-state index in [1.165, 1.54) is 0 Å². The normalized spacial score (nSPS) is 11.8. The summed E-state index contributed by atoms with van der Waals surface area (Å²) < 4.78 is 10.6. The van der Waals surface area contributed by atoms with Gasteiger partial charge in [-0.1, -0.05) is 42.0 Å². The van der Waals surface area contributed by atoms with Crippen LogP contribution < -0.4 is 10.1 Å². The van der Waals surface area contributed by atoms with Crippen molar-refractivity contribution in [2.24, 2.45) is 0 Å². The molecule has 0 saturated heterocycles. The maximum atomic E-state index is 12.5. The molecule has 3 aromatic rings. The van der Waals surface area contributed by atoms with Gasteiger partial charge in [-0.3, -0.25) is 4.79 Å². The van der Waals surface area contributed by atoms with Crippen LogP contribution >= 0.6 is 0 Å². The molecule has 6 heteroatoms. The maximum Gasteiger partial charge on any atom is 0.266 e. The van der Waals surface area contributed by atoms with E-state index in [0.29, 0.717) is 11.4 Å². The first kappa shape index (κ1) is 17.7. The van der Waals surface area contributed by atoms with Gasteiger partial charge in [0, 0.05) is 5.56 Å². The minimum absolute atomic E-state index is 0.273. The summed E-state index contributed by atoms with van der Waals surface area (Å²) in [5.74, 6) is 0.634. The van der Waals surface area contributed by atoms with Crippen molar-refractivity contribution < 1.29 is 14.2 Å². The molecule has 26 heavy (non-hydrogen) atoms. The second-order valence-corrected chi connectivity index (χ2v) is 6.27. The first-order valence-electron chi connectivity index (χ1n) is 8.39. The Hall–Kier alpha value is -3.15. The third-order valence-corrected chi connectivity index (χ3v) is 4.28. The number of nitrogens with one attached hydrogen (secondary N) is 1. The van der Waals surface area contributed by atoms with Gasteiger partial charge in [0.15, 0.2) is 11.8 Å². The third kappa shape index (κ3) is 3.74. The SMILES string of the molecule is Cc1ccc(-c2nonc2NC(=O)C(C)Oc2cccc(C)c2C)cc1. The zero-order valence-electron chi connectivity index (χ0n) is 15.2. The number of benzene rings is 2. The Bertz CT molecular complexity index is 916. The Morgan fingerprint density at radius 3 is 2.54 bits per heavy atom. The first-order valence-corrected chi connectivity index (χ1v) is 8.39. The van der Waals surface area contributed by atoms with Gasteiger partial charge in [0.2, 0.25) is 5.82 Å². The van der Waals surface area contributed by atoms with E-state index in [1.807, 2.05) is 63.2 Å². The van der Waals surface area contributed by atoms with Gasteiger partial charge in [-0.15, -0.1) is 0 Å². The lowest BCUT2D eigenvalue weighted by Gasteiger charge is -2.16. The Balaban J connectivity index is 1.73. The molecule has 1 atom stereocenters. The van der Waals surface area contributed by atoms with Crippen LogP contribution in [0.4, 0.5) is 5.82 Å². The van der Waals surface area contributed by atoms with Gasteiger partial charge in [0.25, 0.3) is 5.91 Å². The van der Waals surface area contributed by atoms with E-state index in [9.17, 15) is 4.79 Å². The molecule has 0 aliphatic carbocycles. The van der Waals surface area contributed by atoms with E-state index in [0.717, 1.165) is 22.3 Å². The Kier molecular flexibility index (Phi) is 5.02. The van der Waals surface area contributed by atoms with E-state index in [2.05, 4.69) is 15.6 Å². The van der Waals surface area contributed by atoms with Crippen LogP contribution in [0.15, 0.2) is 47.1 Å². The third-order valence-electron chi connectivity index (χ3n) is 4.28. The highest BCUT2D eigenvalue weighted by molar-refractivity contribution is 5.96. The molecule has 1 heterocycles. The molecule has 0 fully saturated rings. The standard InChI is InChI=1S/C20H21N3O3/c1-12-8-10-16(11-9-12)18-19(23-26-22-18)21-20(24)15(4)25-17-7-5-6-13(2)14(17)3/h5-11,15H,1-4H3,(H,21,23,24). The monoisotopic (exact) mass is 351 g/mol. The second kappa shape index (κ2) is 7.39. The van der Waals surface area contributed by atoms with Gasteiger partial charge in [0.05, 0.1) is 0 Å². The van der Waals surface area contributed by atoms with Crippen LogP contribution in [0, 0.1) is 20.8 Å². The molecule has 3 rings (SSSR count). The van der Waals surface area contributed by atoms with Gasteiger partial charge < -0.3 is 10.1 Å². The highest BCUT2D eigenvalue weighted by Gasteiger charge is 2.21. The lowest BCUT2D eigenvalue weighted by atomic mass is 10.1. The van der Waals surface area contributed by atoms with Crippen LogP contribution in [0.1, 0.15) is 23.6 Å². The van der Waals surface area contributed by atoms with Crippen molar-refractivity contribution in [2.45, 2.75) is 33.8 Å². The molecule has 1 amide bonds. The van der Waals surface area contributed by atoms with Crippen molar-refractivity contribution in [3.63, 3.8) is 0 Å². The number of ether oxygens (including phenoxy) is 1. The Morgan fingerprint density at radius 2 is 1.81 bits per heavy atom. The lowest BCUT2D eigenvalue weighted by molar-refractivity contribution is -0.122. The van der Waals surface area contributed by atoms with Crippen molar-refractivity contribution in [1.82, 2.24) is 10.3 Å². The number of aryl methyl sites for hydroxylation is 2. The molecule has 0 saturated carbocycles. The minimum Gasteiger partial charge on any atom is -0.481 e. The van der Waals surface area contributed by atoms with Gasteiger partial charge in [0.1, 0.15) is 5.75 Å². The van der Waals surface area contributed by atoms with E-state index in [4.69, 9.17) is 9.37 Å². The molecule has 0 aliphatic rings. The van der Waals surface area contributed by atoms with Crippen molar-refractivity contribution >= 4 is 11.7 Å². The highest BCUT2D eigenvalue weighted by atomic mass is 16.6. The fourth-order valence-corrected chi connectivity index (χ4v) is 2.49. The topological polar surface area (TPSA) is 77.3 Å². The van der Waals surface area contributed by atoms with E-state index >= 15 is 0 Å². The number of rotatable bonds is 5. The highest BCUT2D eigenvalue weighted by Crippen LogP contribution is 2.25. The molecule has 0 aliphatic heterocycles. The summed E-state index contributed by atoms with van der Waals surface area (Å²) in [6.07, 6.45) is -0.696. The van der Waals surface area contributed by atoms with E-state index in [1.54, 1.807) is 6.92 Å². The van der Waals surface area contributed by atoms with Crippen LogP contribution in [0.3, 0.4) is 0 Å². The fraction of sp³-hybridized carbons (Fsp3) is 0.250. The summed E-state index contributed by atoms with van der Waals surface area (Å²) in [6.45, 7) is 7.66. The summed E-state index contributed by atoms with van der Waals surface area (Å²) in [7, 11) is 0. The molecule has 6 nitrogen and oxygen atoms in total. The van der Waals surface area contributed by atoms with Crippen LogP contribution in [0.25, 0.3) is 11.3 Å². The molecule has 0 bridgehead atoms. The summed E-state index contributed by atoms with van der Waals surface area (Å²) in [5.41, 5.74) is 4.55. The molecule has 0 spiro atoms. The van der Waals surface area contributed by atoms with Crippen molar-refractivity contribution in [1.29, 1.82) is 0 Å². The van der Waals surface area contributed by atoms with Gasteiger partial charge >= 0.3 is 0 Å². The zero-order chi connectivity index (χ0) is 18.7. The average molecular weight is 351 g/mol. The lowest BCUT2D eigenvalue weighted by Crippen LogP contribution is -2.30. The predicted octanol–water partition coefficient (Wildman–Crippen LogP) is 4.07. The Labute approximate surface area is 152 Å². The summed E-state index contributed by atoms with van der Waals surface area (Å²) >= 11 is 0. The van der Waals surface area contributed by atoms with Crippen LogP contribution in [-0.4, -0.2) is 22.3 Å². The molecule has 134 valence electrons. The fourth-order valence-electron chi connectivity index (χ4n) is 2.49. The zero-order valence-corrected chi connectivity index (χ0v) is 15.2. The number of carbonyl (C=O) groups is 1. The van der Waals surface area contributed by atoms with Crippen molar-refractivity contribution in [3.05, 3.63) is 59.2 Å². The van der Waals surface area contributed by atoms with Crippen molar-refractivity contribution in [3.8, 4) is 17.0 Å². The largest absolute Gasteiger partial charge is 0.481 e. The molecular formula is C20H21N3O3. The molecule has 1 N–H and O–H groups in total. The van der Waals surface area contributed by atoms with Crippen molar-refractivity contribution in [2.75, 3.05) is 5.32 Å². The summed E-state index contributed by atoms with van der Waals surface area (Å²) in [4.78, 5) is 12.5. The summed E-state index contributed by atoms with van der Waals surface area (Å²) in [5, 5.41) is 10.4. The average Bonchev–Trinajstić information content (AvgIpc) is 3.07. The number of hydrogen-bond acceptors (Lipinski definition) is 5. The van der Waals surface area contributed by atoms with Gasteiger partial charge in [-0.05, 0) is 55.2 Å². The minimum atomic E-state index is -0.696. The first-order chi connectivity index (χ1) is 12.5. The van der Waals surface area contributed by atoms with Crippen LogP contribution in [-0.2, 0) is 4.79 Å². The number of amides is 1. The molecule has 2 aromatic carbocycles. The van der Waals surface area contributed by atoms with Crippen LogP contribution in [0.5, 0.6) is 5.75 Å². The molecule has 1 unspecified atom stereocenters. The number of nitrogens with zero attached hydrogens (tertiary/aromatic N) is 2. The number of aromatic nitrogens is 2. The molecule has 1 aromatic heterocycles. The van der Waals surface area contributed by atoms with E-state index in [-0.39, 0.29) is 11.7 Å². The number of hydrogen-bond donors (Lipinski definition) is 1. The Morgan fingerprint density at radius 1 is 1.08 bits per heavy atom. The van der Waals surface area contributed by atoms with Crippen LogP contribution in [0.2, 0.25) is 0 Å². The number of carbonyl (C=O) groups excluding carboxylic acids is 1. The van der Waals surface area contributed by atoms with Gasteiger partial charge in [-0.2, -0.15) is 0 Å². The number of anilines is 1. The molecular weight excluding hydrogens is 330 g/mol. The second-order valence-electron chi connectivity index (χ2n) is 6.27. The van der Waals surface area contributed by atoms with Gasteiger partial charge in [-0.25, -0.2) is 4.63 Å². The molecule has 0 radical (unpaired) electrons.